The molecule has 0 radical (unpaired) electrons. The van der Waals surface area contributed by atoms with Gasteiger partial charge in [0, 0.05) is 6.07 Å². The van der Waals surface area contributed by atoms with Gasteiger partial charge in [-0.1, -0.05) is 69.6 Å². The molecule has 1 aromatic heterocycles. The zero-order valence-electron chi connectivity index (χ0n) is 10.9. The van der Waals surface area contributed by atoms with Gasteiger partial charge < -0.3 is 9.47 Å². The van der Waals surface area contributed by atoms with Gasteiger partial charge in [-0.3, -0.25) is 0 Å². The molecule has 23 heavy (non-hydrogen) atoms. The Labute approximate surface area is 160 Å². The van der Waals surface area contributed by atoms with E-state index in [2.05, 4.69) is 15.0 Å². The molecule has 0 saturated carbocycles. The third-order valence-electron chi connectivity index (χ3n) is 2.78. The van der Waals surface area contributed by atoms with Crippen LogP contribution >= 0.6 is 69.6 Å². The second-order valence-corrected chi connectivity index (χ2v) is 8.93. The maximum Gasteiger partial charge on any atom is 0.250 e. The zero-order chi connectivity index (χ0) is 16.8. The van der Waals surface area contributed by atoms with Crippen molar-refractivity contribution >= 4 is 69.6 Å². The molecular weight excluding hydrogens is 431 g/mol. The third kappa shape index (κ3) is 3.81. The Balaban J connectivity index is 2.19. The van der Waals surface area contributed by atoms with E-state index in [-0.39, 0.29) is 24.3 Å². The van der Waals surface area contributed by atoms with E-state index in [0.29, 0.717) is 17.1 Å². The summed E-state index contributed by atoms with van der Waals surface area (Å²) in [6.07, 6.45) is 0. The molecule has 11 heteroatoms. The molecule has 0 N–H and O–H groups in total. The molecule has 2 heterocycles. The summed E-state index contributed by atoms with van der Waals surface area (Å²) >= 11 is 35.1. The summed E-state index contributed by atoms with van der Waals surface area (Å²) in [5.74, 6) is 0.943. The summed E-state index contributed by atoms with van der Waals surface area (Å²) in [5, 5.41) is 0. The quantitative estimate of drug-likeness (QED) is 0.595. The van der Waals surface area contributed by atoms with Crippen LogP contribution in [-0.4, -0.2) is 21.7 Å². The Bertz CT molecular complexity index is 727. The van der Waals surface area contributed by atoms with Crippen LogP contribution in [0.5, 0.6) is 11.5 Å². The molecule has 2 aromatic rings. The number of hydrogen-bond acceptors (Lipinski definition) is 5. The molecule has 1 aliphatic heterocycles. The fraction of sp³-hybridized carbons (Fsp3) is 0.250. The van der Waals surface area contributed by atoms with Gasteiger partial charge in [0.2, 0.25) is 14.4 Å². The van der Waals surface area contributed by atoms with Crippen LogP contribution < -0.4 is 9.47 Å². The molecule has 0 fully saturated rings. The van der Waals surface area contributed by atoms with Crippen LogP contribution in [0.25, 0.3) is 11.4 Å². The van der Waals surface area contributed by atoms with Crippen molar-refractivity contribution < 1.29 is 9.47 Å². The summed E-state index contributed by atoms with van der Waals surface area (Å²) in [6, 6.07) is 5.07. The standard InChI is InChI=1S/C12H5Cl6N3O2/c13-11(14,15)9-19-8(20-10(21-9)12(16,17)18)6-2-1-5-3-7(6)23-4-22-5/h1-3H,4H2. The van der Waals surface area contributed by atoms with Crippen LogP contribution in [0.1, 0.15) is 11.6 Å². The molecule has 1 aromatic carbocycles. The van der Waals surface area contributed by atoms with Gasteiger partial charge >= 0.3 is 0 Å². The Hall–Kier alpha value is -0.430. The van der Waals surface area contributed by atoms with Gasteiger partial charge in [0.25, 0.3) is 0 Å². The molecule has 122 valence electrons. The predicted octanol–water partition coefficient (Wildman–Crippen LogP) is 4.92. The summed E-state index contributed by atoms with van der Waals surface area (Å²) in [5.41, 5.74) is 0.519. The minimum Gasteiger partial charge on any atom is -0.457 e. The lowest BCUT2D eigenvalue weighted by atomic mass is 10.1. The van der Waals surface area contributed by atoms with Gasteiger partial charge in [-0.25, -0.2) is 15.0 Å². The topological polar surface area (TPSA) is 57.1 Å². The van der Waals surface area contributed by atoms with Crippen LogP contribution in [0.4, 0.5) is 0 Å². The fourth-order valence-corrected chi connectivity index (χ4v) is 2.31. The first-order valence-corrected chi connectivity index (χ1v) is 8.22. The third-order valence-corrected chi connectivity index (χ3v) is 3.79. The van der Waals surface area contributed by atoms with Crippen molar-refractivity contribution in [3.8, 4) is 22.9 Å². The van der Waals surface area contributed by atoms with E-state index in [0.717, 1.165) is 0 Å². The number of nitrogens with zero attached hydrogens (tertiary/aromatic N) is 3. The minimum absolute atomic E-state index is 0.0642. The van der Waals surface area contributed by atoms with E-state index in [1.54, 1.807) is 18.2 Å². The van der Waals surface area contributed by atoms with Crippen molar-refractivity contribution in [2.24, 2.45) is 0 Å². The molecule has 2 bridgehead atoms. The fourth-order valence-electron chi connectivity index (χ4n) is 1.81. The monoisotopic (exact) mass is 433 g/mol. The molecule has 0 spiro atoms. The highest BCUT2D eigenvalue weighted by Crippen LogP contribution is 2.42. The SMILES string of the molecule is ClC(Cl)(Cl)c1nc(-c2ccc3cc2OCO3)nc(C(Cl)(Cl)Cl)n1. The van der Waals surface area contributed by atoms with Crippen molar-refractivity contribution in [1.29, 1.82) is 0 Å². The number of alkyl halides is 6. The number of rotatable bonds is 1. The second kappa shape index (κ2) is 6.14. The summed E-state index contributed by atoms with van der Waals surface area (Å²) in [7, 11) is 0. The van der Waals surface area contributed by atoms with Crippen LogP contribution in [0.3, 0.4) is 0 Å². The van der Waals surface area contributed by atoms with Crippen LogP contribution in [-0.2, 0) is 7.59 Å². The average molecular weight is 436 g/mol. The summed E-state index contributed by atoms with van der Waals surface area (Å²) in [6.45, 7) is 0.0642. The van der Waals surface area contributed by atoms with Crippen molar-refractivity contribution in [3.05, 3.63) is 29.8 Å². The van der Waals surface area contributed by atoms with Crippen molar-refractivity contribution in [2.45, 2.75) is 7.59 Å². The van der Waals surface area contributed by atoms with E-state index >= 15 is 0 Å². The largest absolute Gasteiger partial charge is 0.457 e. The zero-order valence-corrected chi connectivity index (χ0v) is 15.4. The number of fused-ring (bicyclic) bond motifs is 2. The molecule has 0 atom stereocenters. The number of benzene rings is 1. The number of ether oxygens (including phenoxy) is 2. The van der Waals surface area contributed by atoms with Crippen LogP contribution in [0, 0.1) is 0 Å². The van der Waals surface area contributed by atoms with Crippen LogP contribution in [0.2, 0.25) is 0 Å². The molecular formula is C12H5Cl6N3O2. The van der Waals surface area contributed by atoms with Gasteiger partial charge in [0.15, 0.2) is 17.5 Å². The first kappa shape index (κ1) is 17.4. The lowest BCUT2D eigenvalue weighted by Crippen LogP contribution is -2.17. The molecule has 3 rings (SSSR count). The Kier molecular flexibility index (Phi) is 4.64. The molecule has 0 aliphatic carbocycles. The lowest BCUT2D eigenvalue weighted by molar-refractivity contribution is 0.106. The first-order valence-electron chi connectivity index (χ1n) is 5.95. The normalized spacial score (nSPS) is 14.2. The van der Waals surface area contributed by atoms with E-state index in [1.165, 1.54) is 0 Å². The van der Waals surface area contributed by atoms with Gasteiger partial charge in [-0.15, -0.1) is 0 Å². The van der Waals surface area contributed by atoms with Crippen molar-refractivity contribution in [1.82, 2.24) is 15.0 Å². The molecule has 0 saturated heterocycles. The molecule has 0 unspecified atom stereocenters. The molecule has 0 amide bonds. The maximum absolute atomic E-state index is 5.85. The van der Waals surface area contributed by atoms with Gasteiger partial charge in [-0.2, -0.15) is 0 Å². The predicted molar refractivity (Wildman–Crippen MR) is 89.9 cm³/mol. The van der Waals surface area contributed by atoms with E-state index in [1.807, 2.05) is 0 Å². The first-order chi connectivity index (χ1) is 10.6. The highest BCUT2D eigenvalue weighted by Gasteiger charge is 2.34. The smallest absolute Gasteiger partial charge is 0.250 e. The van der Waals surface area contributed by atoms with Crippen molar-refractivity contribution in [3.63, 3.8) is 0 Å². The summed E-state index contributed by atoms with van der Waals surface area (Å²) < 4.78 is 6.80. The number of aromatic nitrogens is 3. The van der Waals surface area contributed by atoms with Gasteiger partial charge in [0.05, 0.1) is 5.56 Å². The molecule has 5 nitrogen and oxygen atoms in total. The van der Waals surface area contributed by atoms with E-state index < -0.39 is 7.59 Å². The Morgan fingerprint density at radius 3 is 2.00 bits per heavy atom. The average Bonchev–Trinajstić information content (AvgIpc) is 2.45. The van der Waals surface area contributed by atoms with E-state index in [9.17, 15) is 0 Å². The highest BCUT2D eigenvalue weighted by molar-refractivity contribution is 6.67. The van der Waals surface area contributed by atoms with Crippen molar-refractivity contribution in [2.75, 3.05) is 6.79 Å². The van der Waals surface area contributed by atoms with Crippen LogP contribution in [0.15, 0.2) is 18.2 Å². The number of halogens is 6. The maximum atomic E-state index is 5.85. The Morgan fingerprint density at radius 2 is 1.43 bits per heavy atom. The lowest BCUT2D eigenvalue weighted by Gasteiger charge is -2.20. The second-order valence-electron chi connectivity index (χ2n) is 4.37. The molecule has 1 aliphatic rings. The number of hydrogen-bond donors (Lipinski definition) is 0. The highest BCUT2D eigenvalue weighted by atomic mass is 35.6. The van der Waals surface area contributed by atoms with Gasteiger partial charge in [0.1, 0.15) is 11.5 Å². The Morgan fingerprint density at radius 1 is 0.826 bits per heavy atom. The van der Waals surface area contributed by atoms with E-state index in [4.69, 9.17) is 79.1 Å². The summed E-state index contributed by atoms with van der Waals surface area (Å²) in [4.78, 5) is 12.2. The van der Waals surface area contributed by atoms with Gasteiger partial charge in [-0.05, 0) is 12.1 Å². The minimum atomic E-state index is -1.91.